The second-order valence-electron chi connectivity index (χ2n) is 7.25. The minimum absolute atomic E-state index is 0.146. The Labute approximate surface area is 147 Å². The van der Waals surface area contributed by atoms with Crippen LogP contribution in [0.3, 0.4) is 0 Å². The predicted octanol–water partition coefficient (Wildman–Crippen LogP) is 4.45. The van der Waals surface area contributed by atoms with Crippen LogP contribution in [-0.2, 0) is 4.74 Å². The van der Waals surface area contributed by atoms with Gasteiger partial charge in [-0.3, -0.25) is 4.90 Å². The van der Waals surface area contributed by atoms with Gasteiger partial charge in [0.25, 0.3) is 0 Å². The quantitative estimate of drug-likeness (QED) is 0.757. The van der Waals surface area contributed by atoms with Gasteiger partial charge in [0, 0.05) is 36.2 Å². The molecule has 1 aromatic carbocycles. The number of carbonyl (C=O) groups is 1. The van der Waals surface area contributed by atoms with Crippen molar-refractivity contribution in [3.63, 3.8) is 0 Å². The molecular weight excluding hydrogens is 356 g/mol. The van der Waals surface area contributed by atoms with Crippen molar-refractivity contribution in [2.24, 2.45) is 0 Å². The number of rotatable bonds is 2. The highest BCUT2D eigenvalue weighted by molar-refractivity contribution is 9.10. The van der Waals surface area contributed by atoms with Crippen molar-refractivity contribution in [2.45, 2.75) is 52.3 Å². The third-order valence-electron chi connectivity index (χ3n) is 4.17. The van der Waals surface area contributed by atoms with Crippen LogP contribution in [0, 0.1) is 0 Å². The summed E-state index contributed by atoms with van der Waals surface area (Å²) in [5.41, 5.74) is 0.842. The van der Waals surface area contributed by atoms with E-state index in [0.29, 0.717) is 12.6 Å². The van der Waals surface area contributed by atoms with E-state index in [1.807, 2.05) is 31.7 Å². The Kier molecular flexibility index (Phi) is 5.74. The van der Waals surface area contributed by atoms with Gasteiger partial charge in [0.2, 0.25) is 0 Å². The van der Waals surface area contributed by atoms with Crippen LogP contribution in [0.4, 0.5) is 4.79 Å². The molecule has 2 rings (SSSR count). The van der Waals surface area contributed by atoms with Crippen molar-refractivity contribution in [3.8, 4) is 0 Å². The summed E-state index contributed by atoms with van der Waals surface area (Å²) in [4.78, 5) is 16.6. The van der Waals surface area contributed by atoms with E-state index in [9.17, 15) is 4.79 Å². The van der Waals surface area contributed by atoms with Gasteiger partial charge < -0.3 is 9.64 Å². The van der Waals surface area contributed by atoms with Crippen molar-refractivity contribution in [2.75, 3.05) is 19.6 Å². The Morgan fingerprint density at radius 3 is 2.61 bits per heavy atom. The van der Waals surface area contributed by atoms with Gasteiger partial charge in [-0.2, -0.15) is 0 Å². The van der Waals surface area contributed by atoms with E-state index in [1.54, 1.807) is 0 Å². The van der Waals surface area contributed by atoms with Crippen molar-refractivity contribution >= 4 is 22.0 Å². The Bertz CT molecular complexity index is 556. The summed E-state index contributed by atoms with van der Waals surface area (Å²) in [6.45, 7) is 12.4. The summed E-state index contributed by atoms with van der Waals surface area (Å²) in [7, 11) is 0. The fourth-order valence-corrected chi connectivity index (χ4v) is 3.32. The van der Waals surface area contributed by atoms with Crippen LogP contribution in [0.15, 0.2) is 28.7 Å². The first-order valence-electron chi connectivity index (χ1n) is 8.16. The zero-order valence-corrected chi connectivity index (χ0v) is 16.3. The van der Waals surface area contributed by atoms with E-state index < -0.39 is 5.60 Å². The number of hydrogen-bond acceptors (Lipinski definition) is 3. The van der Waals surface area contributed by atoms with E-state index in [2.05, 4.69) is 52.9 Å². The lowest BCUT2D eigenvalue weighted by Crippen LogP contribution is -2.55. The molecule has 1 heterocycles. The Balaban J connectivity index is 1.99. The van der Waals surface area contributed by atoms with E-state index in [4.69, 9.17) is 4.74 Å². The molecule has 128 valence electrons. The van der Waals surface area contributed by atoms with E-state index in [0.717, 1.165) is 17.6 Å². The normalized spacial score (nSPS) is 21.1. The number of carbonyl (C=O) groups excluding carboxylic acids is 1. The average Bonchev–Trinajstić information content (AvgIpc) is 2.44. The fourth-order valence-electron chi connectivity index (χ4n) is 2.91. The van der Waals surface area contributed by atoms with Crippen LogP contribution < -0.4 is 0 Å². The lowest BCUT2D eigenvalue weighted by molar-refractivity contribution is -0.00348. The zero-order chi connectivity index (χ0) is 17.2. The molecule has 1 amide bonds. The molecule has 1 aromatic rings. The van der Waals surface area contributed by atoms with Crippen LogP contribution in [0.1, 0.15) is 46.2 Å². The third kappa shape index (κ3) is 4.95. The predicted molar refractivity (Wildman–Crippen MR) is 96.5 cm³/mol. The number of piperazine rings is 1. The van der Waals surface area contributed by atoms with E-state index in [1.165, 1.54) is 5.56 Å². The summed E-state index contributed by atoms with van der Waals surface area (Å²) in [5, 5.41) is 0. The number of halogens is 1. The molecular formula is C18H27BrN2O2. The second-order valence-corrected chi connectivity index (χ2v) is 8.16. The van der Waals surface area contributed by atoms with Gasteiger partial charge in [0.05, 0.1) is 0 Å². The first-order valence-corrected chi connectivity index (χ1v) is 8.96. The highest BCUT2D eigenvalue weighted by Crippen LogP contribution is 2.26. The van der Waals surface area contributed by atoms with Gasteiger partial charge in [0.1, 0.15) is 5.60 Å². The number of nitrogens with zero attached hydrogens (tertiary/aromatic N) is 2. The molecule has 0 aromatic heterocycles. The van der Waals surface area contributed by atoms with Gasteiger partial charge in [-0.1, -0.05) is 28.1 Å². The molecule has 5 heteroatoms. The molecule has 0 radical (unpaired) electrons. The standard InChI is InChI=1S/C18H27BrN2O2/c1-13-12-20(14(2)15-7-6-8-16(19)11-15)9-10-21(13)17(22)23-18(3,4)5/h6-8,11,13-14H,9-10,12H2,1-5H3. The van der Waals surface area contributed by atoms with Crippen molar-refractivity contribution in [3.05, 3.63) is 34.3 Å². The van der Waals surface area contributed by atoms with Gasteiger partial charge in [-0.15, -0.1) is 0 Å². The molecule has 0 bridgehead atoms. The molecule has 1 saturated heterocycles. The summed E-state index contributed by atoms with van der Waals surface area (Å²) in [6.07, 6.45) is -0.209. The maximum Gasteiger partial charge on any atom is 0.410 e. The molecule has 1 fully saturated rings. The molecule has 0 spiro atoms. The first kappa shape index (κ1) is 18.3. The molecule has 0 saturated carbocycles. The first-order chi connectivity index (χ1) is 10.7. The van der Waals surface area contributed by atoms with Crippen molar-refractivity contribution < 1.29 is 9.53 Å². The van der Waals surface area contributed by atoms with Gasteiger partial charge >= 0.3 is 6.09 Å². The number of benzene rings is 1. The van der Waals surface area contributed by atoms with Gasteiger partial charge in [-0.25, -0.2) is 4.79 Å². The second kappa shape index (κ2) is 7.22. The molecule has 2 unspecified atom stereocenters. The lowest BCUT2D eigenvalue weighted by Gasteiger charge is -2.42. The van der Waals surface area contributed by atoms with Crippen LogP contribution >= 0.6 is 15.9 Å². The molecule has 4 nitrogen and oxygen atoms in total. The van der Waals surface area contributed by atoms with Crippen molar-refractivity contribution in [1.82, 2.24) is 9.80 Å². The van der Waals surface area contributed by atoms with Crippen LogP contribution in [0.2, 0.25) is 0 Å². The maximum absolute atomic E-state index is 12.3. The third-order valence-corrected chi connectivity index (χ3v) is 4.66. The molecule has 2 atom stereocenters. The minimum Gasteiger partial charge on any atom is -0.444 e. The summed E-state index contributed by atoms with van der Waals surface area (Å²) >= 11 is 3.53. The molecule has 0 N–H and O–H groups in total. The zero-order valence-electron chi connectivity index (χ0n) is 14.7. The van der Waals surface area contributed by atoms with E-state index in [-0.39, 0.29) is 12.1 Å². The fraction of sp³-hybridized carbons (Fsp3) is 0.611. The molecule has 0 aliphatic carbocycles. The highest BCUT2D eigenvalue weighted by atomic mass is 79.9. The van der Waals surface area contributed by atoms with Crippen molar-refractivity contribution in [1.29, 1.82) is 0 Å². The largest absolute Gasteiger partial charge is 0.444 e. The smallest absolute Gasteiger partial charge is 0.410 e. The van der Waals surface area contributed by atoms with E-state index >= 15 is 0 Å². The molecule has 23 heavy (non-hydrogen) atoms. The monoisotopic (exact) mass is 382 g/mol. The van der Waals surface area contributed by atoms with Gasteiger partial charge in [0.15, 0.2) is 0 Å². The van der Waals surface area contributed by atoms with Gasteiger partial charge in [-0.05, 0) is 52.3 Å². The Hall–Kier alpha value is -1.07. The number of ether oxygens (including phenoxy) is 1. The topological polar surface area (TPSA) is 32.8 Å². The highest BCUT2D eigenvalue weighted by Gasteiger charge is 2.32. The number of amides is 1. The maximum atomic E-state index is 12.3. The Morgan fingerprint density at radius 1 is 1.35 bits per heavy atom. The average molecular weight is 383 g/mol. The van der Waals surface area contributed by atoms with Crippen LogP contribution in [0.25, 0.3) is 0 Å². The summed E-state index contributed by atoms with van der Waals surface area (Å²) in [5.74, 6) is 0. The Morgan fingerprint density at radius 2 is 2.04 bits per heavy atom. The molecule has 1 aliphatic heterocycles. The summed E-state index contributed by atoms with van der Waals surface area (Å²) in [6, 6.07) is 8.90. The number of hydrogen-bond donors (Lipinski definition) is 0. The lowest BCUT2D eigenvalue weighted by atomic mass is 10.0. The van der Waals surface area contributed by atoms with Crippen LogP contribution in [-0.4, -0.2) is 47.2 Å². The molecule has 1 aliphatic rings. The SMILES string of the molecule is CC(c1cccc(Br)c1)N1CCN(C(=O)OC(C)(C)C)C(C)C1. The van der Waals surface area contributed by atoms with Crippen LogP contribution in [0.5, 0.6) is 0 Å². The minimum atomic E-state index is -0.447. The summed E-state index contributed by atoms with van der Waals surface area (Å²) < 4.78 is 6.61.